The van der Waals surface area contributed by atoms with E-state index >= 15 is 0 Å². The van der Waals surface area contributed by atoms with Gasteiger partial charge in [0.05, 0.1) is 6.07 Å². The Morgan fingerprint density at radius 2 is 2.08 bits per heavy atom. The van der Waals surface area contributed by atoms with E-state index in [1.54, 1.807) is 6.92 Å². The number of hydrogen-bond donors (Lipinski definition) is 2. The highest BCUT2D eigenvalue weighted by Gasteiger charge is 2.21. The molecule has 0 heterocycles. The molecule has 0 aliphatic heterocycles. The molecule has 0 bridgehead atoms. The van der Waals surface area contributed by atoms with Crippen molar-refractivity contribution in [3.05, 3.63) is 35.9 Å². The van der Waals surface area contributed by atoms with Crippen molar-refractivity contribution in [2.75, 3.05) is 0 Å². The standard InChI is InChI=1S/C10H13N3/c1-10(8-11,13-12)7-9-5-3-2-4-6-9/h2-6,13H,7,12H2,1H3. The number of nitrogens with zero attached hydrogens (tertiary/aromatic N) is 1. The van der Waals surface area contributed by atoms with Gasteiger partial charge in [0.25, 0.3) is 0 Å². The number of hydrazine groups is 1. The maximum atomic E-state index is 8.85. The van der Waals surface area contributed by atoms with Crippen LogP contribution in [0, 0.1) is 11.3 Å². The number of nitrogens with one attached hydrogen (secondary N) is 1. The minimum Gasteiger partial charge on any atom is -0.270 e. The van der Waals surface area contributed by atoms with Crippen LogP contribution in [0.15, 0.2) is 30.3 Å². The molecule has 0 spiro atoms. The van der Waals surface area contributed by atoms with E-state index in [-0.39, 0.29) is 0 Å². The summed E-state index contributed by atoms with van der Waals surface area (Å²) in [5, 5.41) is 8.85. The van der Waals surface area contributed by atoms with Crippen molar-refractivity contribution < 1.29 is 0 Å². The molecule has 68 valence electrons. The lowest BCUT2D eigenvalue weighted by atomic mass is 9.95. The second kappa shape index (κ2) is 4.04. The number of nitriles is 1. The Hall–Kier alpha value is -1.37. The topological polar surface area (TPSA) is 61.8 Å². The van der Waals surface area contributed by atoms with E-state index in [0.717, 1.165) is 5.56 Å². The van der Waals surface area contributed by atoms with Crippen LogP contribution in [0.25, 0.3) is 0 Å². The van der Waals surface area contributed by atoms with Crippen LogP contribution < -0.4 is 11.3 Å². The molecule has 3 heteroatoms. The van der Waals surface area contributed by atoms with E-state index in [4.69, 9.17) is 11.1 Å². The molecule has 1 rings (SSSR count). The Bertz CT molecular complexity index is 302. The maximum Gasteiger partial charge on any atom is 0.119 e. The van der Waals surface area contributed by atoms with Crippen LogP contribution in [0.4, 0.5) is 0 Å². The van der Waals surface area contributed by atoms with Gasteiger partial charge in [0.15, 0.2) is 0 Å². The van der Waals surface area contributed by atoms with Gasteiger partial charge in [-0.1, -0.05) is 30.3 Å². The summed E-state index contributed by atoms with van der Waals surface area (Å²) in [6.07, 6.45) is 0.612. The van der Waals surface area contributed by atoms with Gasteiger partial charge < -0.3 is 0 Å². The lowest BCUT2D eigenvalue weighted by Gasteiger charge is -2.19. The van der Waals surface area contributed by atoms with Gasteiger partial charge in [-0.25, -0.2) is 5.43 Å². The van der Waals surface area contributed by atoms with Crippen molar-refractivity contribution in [3.63, 3.8) is 0 Å². The van der Waals surface area contributed by atoms with E-state index in [0.29, 0.717) is 6.42 Å². The first kappa shape index (κ1) is 9.72. The van der Waals surface area contributed by atoms with Crippen LogP contribution in [0.2, 0.25) is 0 Å². The van der Waals surface area contributed by atoms with Gasteiger partial charge in [0, 0.05) is 6.42 Å². The lowest BCUT2D eigenvalue weighted by molar-refractivity contribution is 0.458. The fourth-order valence-corrected chi connectivity index (χ4v) is 1.13. The van der Waals surface area contributed by atoms with Crippen LogP contribution in [-0.2, 0) is 6.42 Å². The minimum atomic E-state index is -0.679. The molecule has 1 atom stereocenters. The van der Waals surface area contributed by atoms with Crippen molar-refractivity contribution >= 4 is 0 Å². The predicted octanol–water partition coefficient (Wildman–Crippen LogP) is 0.975. The van der Waals surface area contributed by atoms with E-state index < -0.39 is 5.54 Å². The first-order valence-electron chi connectivity index (χ1n) is 4.13. The summed E-state index contributed by atoms with van der Waals surface area (Å²) in [6, 6.07) is 11.9. The first-order chi connectivity index (χ1) is 6.20. The minimum absolute atomic E-state index is 0.612. The molecule has 0 saturated carbocycles. The van der Waals surface area contributed by atoms with Gasteiger partial charge in [-0.05, 0) is 12.5 Å². The van der Waals surface area contributed by atoms with Crippen LogP contribution in [0.1, 0.15) is 12.5 Å². The smallest absolute Gasteiger partial charge is 0.119 e. The predicted molar refractivity (Wildman–Crippen MR) is 51.5 cm³/mol. The van der Waals surface area contributed by atoms with Gasteiger partial charge in [-0.15, -0.1) is 0 Å². The van der Waals surface area contributed by atoms with Crippen molar-refractivity contribution in [2.24, 2.45) is 5.84 Å². The number of benzene rings is 1. The summed E-state index contributed by atoms with van der Waals surface area (Å²) in [4.78, 5) is 0. The normalized spacial score (nSPS) is 14.5. The Morgan fingerprint density at radius 1 is 1.46 bits per heavy atom. The third-order valence-corrected chi connectivity index (χ3v) is 1.97. The Kier molecular flexibility index (Phi) is 3.02. The monoisotopic (exact) mass is 175 g/mol. The highest BCUT2D eigenvalue weighted by Crippen LogP contribution is 2.10. The quantitative estimate of drug-likeness (QED) is 0.531. The summed E-state index contributed by atoms with van der Waals surface area (Å²) in [5.41, 5.74) is 2.94. The zero-order valence-electron chi connectivity index (χ0n) is 7.62. The van der Waals surface area contributed by atoms with Crippen LogP contribution in [0.3, 0.4) is 0 Å². The number of rotatable bonds is 3. The molecule has 0 saturated heterocycles. The summed E-state index contributed by atoms with van der Waals surface area (Å²) in [6.45, 7) is 1.78. The molecule has 3 N–H and O–H groups in total. The molecule has 0 fully saturated rings. The van der Waals surface area contributed by atoms with E-state index in [1.165, 1.54) is 0 Å². The Morgan fingerprint density at radius 3 is 2.54 bits per heavy atom. The largest absolute Gasteiger partial charge is 0.270 e. The van der Waals surface area contributed by atoms with Crippen molar-refractivity contribution in [1.29, 1.82) is 5.26 Å². The highest BCUT2D eigenvalue weighted by atomic mass is 15.3. The fraction of sp³-hybridized carbons (Fsp3) is 0.300. The van der Waals surface area contributed by atoms with Gasteiger partial charge >= 0.3 is 0 Å². The molecular weight excluding hydrogens is 162 g/mol. The lowest BCUT2D eigenvalue weighted by Crippen LogP contribution is -2.47. The van der Waals surface area contributed by atoms with Gasteiger partial charge in [0.2, 0.25) is 0 Å². The molecular formula is C10H13N3. The van der Waals surface area contributed by atoms with Gasteiger partial charge in [0.1, 0.15) is 5.54 Å². The molecule has 13 heavy (non-hydrogen) atoms. The third-order valence-electron chi connectivity index (χ3n) is 1.97. The Balaban J connectivity index is 2.75. The summed E-state index contributed by atoms with van der Waals surface area (Å²) >= 11 is 0. The Labute approximate surface area is 78.1 Å². The van der Waals surface area contributed by atoms with Crippen LogP contribution in [0.5, 0.6) is 0 Å². The second-order valence-electron chi connectivity index (χ2n) is 3.25. The number of nitrogens with two attached hydrogens (primary N) is 1. The summed E-state index contributed by atoms with van der Waals surface area (Å²) in [5.74, 6) is 5.29. The molecule has 3 nitrogen and oxygen atoms in total. The zero-order valence-corrected chi connectivity index (χ0v) is 7.62. The molecule has 1 aromatic carbocycles. The van der Waals surface area contributed by atoms with Crippen molar-refractivity contribution in [3.8, 4) is 6.07 Å². The van der Waals surface area contributed by atoms with Crippen LogP contribution >= 0.6 is 0 Å². The van der Waals surface area contributed by atoms with E-state index in [2.05, 4.69) is 11.5 Å². The molecule has 0 amide bonds. The second-order valence-corrected chi connectivity index (χ2v) is 3.25. The summed E-state index contributed by atoms with van der Waals surface area (Å²) in [7, 11) is 0. The van der Waals surface area contributed by atoms with Gasteiger partial charge in [-0.2, -0.15) is 5.26 Å². The number of hydrogen-bond acceptors (Lipinski definition) is 3. The average Bonchev–Trinajstić information content (AvgIpc) is 2.19. The SMILES string of the molecule is CC(C#N)(Cc1ccccc1)NN. The molecule has 0 aliphatic rings. The van der Waals surface area contributed by atoms with E-state index in [9.17, 15) is 0 Å². The molecule has 0 aromatic heterocycles. The average molecular weight is 175 g/mol. The molecule has 0 radical (unpaired) electrons. The summed E-state index contributed by atoms with van der Waals surface area (Å²) < 4.78 is 0. The highest BCUT2D eigenvalue weighted by molar-refractivity contribution is 5.20. The fourth-order valence-electron chi connectivity index (χ4n) is 1.13. The molecule has 1 aromatic rings. The maximum absolute atomic E-state index is 8.85. The molecule has 1 unspecified atom stereocenters. The van der Waals surface area contributed by atoms with Gasteiger partial charge in [-0.3, -0.25) is 5.84 Å². The molecule has 0 aliphatic carbocycles. The third kappa shape index (κ3) is 2.55. The van der Waals surface area contributed by atoms with Crippen LogP contribution in [-0.4, -0.2) is 5.54 Å². The van der Waals surface area contributed by atoms with Crippen molar-refractivity contribution in [2.45, 2.75) is 18.9 Å². The van der Waals surface area contributed by atoms with Crippen molar-refractivity contribution in [1.82, 2.24) is 5.43 Å². The first-order valence-corrected chi connectivity index (χ1v) is 4.13. The van der Waals surface area contributed by atoms with E-state index in [1.807, 2.05) is 30.3 Å². The zero-order chi connectivity index (χ0) is 9.73.